The maximum atomic E-state index is 14.2. The summed E-state index contributed by atoms with van der Waals surface area (Å²) in [6, 6.07) is 1.46. The van der Waals surface area contributed by atoms with Crippen molar-refractivity contribution in [2.24, 2.45) is 0 Å². The Morgan fingerprint density at radius 2 is 2.39 bits per heavy atom. The van der Waals surface area contributed by atoms with E-state index in [0.29, 0.717) is 24.6 Å². The molecular weight excluding hydrogens is 261 g/mol. The number of halogens is 2. The molecule has 0 unspecified atom stereocenters. The van der Waals surface area contributed by atoms with Crippen molar-refractivity contribution in [1.29, 1.82) is 0 Å². The second-order valence-electron chi connectivity index (χ2n) is 3.90. The number of ether oxygens (including phenoxy) is 1. The van der Waals surface area contributed by atoms with Gasteiger partial charge in [-0.1, -0.05) is 11.6 Å². The number of hydrogen-bond donors (Lipinski definition) is 1. The summed E-state index contributed by atoms with van der Waals surface area (Å²) in [4.78, 5) is 1.88. The normalized spacial score (nSPS) is 14.3. The lowest BCUT2D eigenvalue weighted by Gasteiger charge is -2.29. The summed E-state index contributed by atoms with van der Waals surface area (Å²) >= 11 is 5.86. The Bertz CT molecular complexity index is 588. The van der Waals surface area contributed by atoms with Crippen molar-refractivity contribution in [3.05, 3.63) is 16.9 Å². The molecule has 18 heavy (non-hydrogen) atoms. The van der Waals surface area contributed by atoms with Crippen molar-refractivity contribution in [1.82, 2.24) is 20.6 Å². The highest BCUT2D eigenvalue weighted by molar-refractivity contribution is 6.31. The second kappa shape index (κ2) is 4.09. The monoisotopic (exact) mass is 269 g/mol. The second-order valence-corrected chi connectivity index (χ2v) is 4.31. The molecule has 1 aromatic heterocycles. The zero-order valence-corrected chi connectivity index (χ0v) is 10.2. The Morgan fingerprint density at radius 1 is 1.56 bits per heavy atom. The van der Waals surface area contributed by atoms with Gasteiger partial charge >= 0.3 is 0 Å². The fourth-order valence-corrected chi connectivity index (χ4v) is 2.15. The molecule has 3 rings (SSSR count). The number of H-pyrrole nitrogens is 1. The molecule has 2 aromatic rings. The standard InChI is InChI=1S/C10H9ClFN5O/c1-17-2-3-18-6-4-5(11)8(12)7(9(6)17)10-13-15-16-14-10/h4H,2-3H2,1H3,(H,13,14,15,16). The van der Waals surface area contributed by atoms with Crippen LogP contribution in [0.25, 0.3) is 11.4 Å². The van der Waals surface area contributed by atoms with E-state index in [4.69, 9.17) is 16.3 Å². The van der Waals surface area contributed by atoms with Crippen LogP contribution in [0.2, 0.25) is 5.02 Å². The molecule has 1 aliphatic rings. The van der Waals surface area contributed by atoms with E-state index in [-0.39, 0.29) is 16.4 Å². The Morgan fingerprint density at radius 3 is 3.11 bits per heavy atom. The average Bonchev–Trinajstić information content (AvgIpc) is 2.85. The summed E-state index contributed by atoms with van der Waals surface area (Å²) < 4.78 is 19.7. The zero-order valence-electron chi connectivity index (χ0n) is 9.44. The Labute approximate surface area is 107 Å². The number of nitrogens with zero attached hydrogens (tertiary/aromatic N) is 4. The predicted molar refractivity (Wildman–Crippen MR) is 63.3 cm³/mol. The van der Waals surface area contributed by atoms with E-state index in [9.17, 15) is 4.39 Å². The fourth-order valence-electron chi connectivity index (χ4n) is 1.96. The fraction of sp³-hybridized carbons (Fsp3) is 0.300. The molecule has 0 amide bonds. The van der Waals surface area contributed by atoms with Crippen LogP contribution in [0.3, 0.4) is 0 Å². The van der Waals surface area contributed by atoms with Gasteiger partial charge in [0, 0.05) is 13.1 Å². The van der Waals surface area contributed by atoms with Gasteiger partial charge in [-0.25, -0.2) is 4.39 Å². The number of hydrogen-bond acceptors (Lipinski definition) is 5. The summed E-state index contributed by atoms with van der Waals surface area (Å²) in [5, 5.41) is 13.3. The maximum absolute atomic E-state index is 14.2. The number of rotatable bonds is 1. The lowest BCUT2D eigenvalue weighted by Crippen LogP contribution is -2.29. The smallest absolute Gasteiger partial charge is 0.209 e. The number of likely N-dealkylation sites (N-methyl/N-ethyl adjacent to an activating group) is 1. The van der Waals surface area contributed by atoms with E-state index in [1.807, 2.05) is 11.9 Å². The Hall–Kier alpha value is -1.89. The van der Waals surface area contributed by atoms with Gasteiger partial charge < -0.3 is 9.64 Å². The van der Waals surface area contributed by atoms with Crippen molar-refractivity contribution in [2.45, 2.75) is 0 Å². The minimum Gasteiger partial charge on any atom is -0.489 e. The first-order chi connectivity index (χ1) is 8.68. The molecule has 2 heterocycles. The Balaban J connectivity index is 2.31. The molecule has 1 N–H and O–H groups in total. The molecule has 8 heteroatoms. The summed E-state index contributed by atoms with van der Waals surface area (Å²) in [5.41, 5.74) is 0.790. The molecule has 1 aliphatic heterocycles. The number of benzene rings is 1. The number of nitrogens with one attached hydrogen (secondary N) is 1. The lowest BCUT2D eigenvalue weighted by atomic mass is 10.1. The largest absolute Gasteiger partial charge is 0.489 e. The van der Waals surface area contributed by atoms with Gasteiger partial charge in [0.2, 0.25) is 5.82 Å². The van der Waals surface area contributed by atoms with Crippen molar-refractivity contribution >= 4 is 17.3 Å². The molecule has 0 bridgehead atoms. The number of aromatic nitrogens is 4. The molecule has 0 aliphatic carbocycles. The van der Waals surface area contributed by atoms with Crippen LogP contribution in [-0.2, 0) is 0 Å². The van der Waals surface area contributed by atoms with E-state index in [2.05, 4.69) is 20.6 Å². The van der Waals surface area contributed by atoms with Crippen molar-refractivity contribution in [3.8, 4) is 17.1 Å². The van der Waals surface area contributed by atoms with Gasteiger partial charge in [0.15, 0.2) is 5.82 Å². The van der Waals surface area contributed by atoms with Crippen LogP contribution in [0.4, 0.5) is 10.1 Å². The Kier molecular flexibility index (Phi) is 2.55. The van der Waals surface area contributed by atoms with Gasteiger partial charge in [-0.3, -0.25) is 0 Å². The highest BCUT2D eigenvalue weighted by Gasteiger charge is 2.27. The van der Waals surface area contributed by atoms with E-state index in [1.165, 1.54) is 6.07 Å². The molecule has 0 atom stereocenters. The van der Waals surface area contributed by atoms with Crippen LogP contribution in [0, 0.1) is 5.82 Å². The number of aromatic amines is 1. The molecule has 6 nitrogen and oxygen atoms in total. The number of tetrazole rings is 1. The molecule has 94 valence electrons. The van der Waals surface area contributed by atoms with E-state index >= 15 is 0 Å². The van der Waals surface area contributed by atoms with E-state index < -0.39 is 5.82 Å². The third-order valence-electron chi connectivity index (χ3n) is 2.79. The summed E-state index contributed by atoms with van der Waals surface area (Å²) in [6.07, 6.45) is 0. The first-order valence-corrected chi connectivity index (χ1v) is 5.66. The van der Waals surface area contributed by atoms with Gasteiger partial charge in [0.05, 0.1) is 22.8 Å². The molecular formula is C10H9ClFN5O. The SMILES string of the molecule is CN1CCOc2cc(Cl)c(F)c(-c3nn[nH]n3)c21. The lowest BCUT2D eigenvalue weighted by molar-refractivity contribution is 0.311. The maximum Gasteiger partial charge on any atom is 0.209 e. The van der Waals surface area contributed by atoms with Crippen LogP contribution in [0.5, 0.6) is 5.75 Å². The first-order valence-electron chi connectivity index (χ1n) is 5.28. The number of fused-ring (bicyclic) bond motifs is 1. The quantitative estimate of drug-likeness (QED) is 0.849. The third kappa shape index (κ3) is 1.59. The highest BCUT2D eigenvalue weighted by Crippen LogP contribution is 2.43. The van der Waals surface area contributed by atoms with Crippen LogP contribution in [-0.4, -0.2) is 40.8 Å². The van der Waals surface area contributed by atoms with Crippen molar-refractivity contribution in [3.63, 3.8) is 0 Å². The van der Waals surface area contributed by atoms with Crippen LogP contribution < -0.4 is 9.64 Å². The van der Waals surface area contributed by atoms with Crippen molar-refractivity contribution < 1.29 is 9.13 Å². The molecule has 0 saturated heterocycles. The van der Waals surface area contributed by atoms with Gasteiger partial charge in [0.1, 0.15) is 12.4 Å². The summed E-state index contributed by atoms with van der Waals surface area (Å²) in [7, 11) is 1.85. The minimum absolute atomic E-state index is 0.0242. The van der Waals surface area contributed by atoms with Crippen LogP contribution >= 0.6 is 11.6 Å². The van der Waals surface area contributed by atoms with Crippen LogP contribution in [0.1, 0.15) is 0 Å². The zero-order chi connectivity index (χ0) is 12.7. The predicted octanol–water partition coefficient (Wildman–Crippen LogP) is 1.49. The van der Waals surface area contributed by atoms with E-state index in [0.717, 1.165) is 0 Å². The first kappa shape index (κ1) is 11.2. The van der Waals surface area contributed by atoms with Crippen molar-refractivity contribution in [2.75, 3.05) is 25.1 Å². The topological polar surface area (TPSA) is 66.9 Å². The molecule has 0 radical (unpaired) electrons. The molecule has 0 saturated carbocycles. The van der Waals surface area contributed by atoms with Gasteiger partial charge in [-0.2, -0.15) is 5.21 Å². The molecule has 1 aromatic carbocycles. The molecule has 0 fully saturated rings. The minimum atomic E-state index is -0.575. The summed E-state index contributed by atoms with van der Waals surface area (Å²) in [5.74, 6) is 0.104. The summed E-state index contributed by atoms with van der Waals surface area (Å²) in [6.45, 7) is 1.18. The highest BCUT2D eigenvalue weighted by atomic mass is 35.5. The molecule has 0 spiro atoms. The van der Waals surface area contributed by atoms with Crippen LogP contribution in [0.15, 0.2) is 6.07 Å². The van der Waals surface area contributed by atoms with Gasteiger partial charge in [0.25, 0.3) is 0 Å². The van der Waals surface area contributed by atoms with E-state index in [1.54, 1.807) is 0 Å². The van der Waals surface area contributed by atoms with Gasteiger partial charge in [-0.15, -0.1) is 10.2 Å². The average molecular weight is 270 g/mol. The number of anilines is 1. The van der Waals surface area contributed by atoms with Gasteiger partial charge in [-0.05, 0) is 5.21 Å². The third-order valence-corrected chi connectivity index (χ3v) is 3.07.